The van der Waals surface area contributed by atoms with Crippen molar-refractivity contribution in [2.24, 2.45) is 11.5 Å². The summed E-state index contributed by atoms with van der Waals surface area (Å²) in [5, 5.41) is 7.69. The van der Waals surface area contributed by atoms with Gasteiger partial charge in [-0.15, -0.1) is 0 Å². The molecule has 2 aromatic carbocycles. The molecule has 0 saturated heterocycles. The Morgan fingerprint density at radius 1 is 1.14 bits per heavy atom. The number of halogens is 1. The van der Waals surface area contributed by atoms with Gasteiger partial charge in [-0.25, -0.2) is 4.39 Å². The van der Waals surface area contributed by atoms with E-state index < -0.39 is 5.82 Å². The van der Waals surface area contributed by atoms with Crippen LogP contribution in [0.15, 0.2) is 60.4 Å². The first-order chi connectivity index (χ1) is 10.1. The summed E-state index contributed by atoms with van der Waals surface area (Å²) in [4.78, 5) is 0. The molecule has 0 aliphatic heterocycles. The molecular formula is C16H16FN3O. The van der Waals surface area contributed by atoms with E-state index in [2.05, 4.69) is 0 Å². The largest absolute Gasteiger partial charge is 0.489 e. The van der Waals surface area contributed by atoms with Gasteiger partial charge in [-0.3, -0.25) is 0 Å². The quantitative estimate of drug-likeness (QED) is 0.738. The molecule has 0 saturated carbocycles. The molecule has 0 atom stereocenters. The smallest absolute Gasteiger partial charge is 0.136 e. The van der Waals surface area contributed by atoms with E-state index in [-0.39, 0.29) is 17.1 Å². The van der Waals surface area contributed by atoms with Crippen LogP contribution in [0.3, 0.4) is 0 Å². The standard InChI is InChI=1S/C16H16FN3O/c17-14-8-12(21-10-11-4-2-1-3-5-11)6-7-13(14)15(18)9-16(19)20/h1-9,18H,10,19-20H2. The summed E-state index contributed by atoms with van der Waals surface area (Å²) < 4.78 is 19.5. The maximum atomic E-state index is 13.9. The molecule has 0 spiro atoms. The molecule has 2 rings (SSSR count). The predicted molar refractivity (Wildman–Crippen MR) is 80.5 cm³/mol. The van der Waals surface area contributed by atoms with Gasteiger partial charge in [0.2, 0.25) is 0 Å². The van der Waals surface area contributed by atoms with Crippen molar-refractivity contribution >= 4 is 5.71 Å². The van der Waals surface area contributed by atoms with Crippen LogP contribution >= 0.6 is 0 Å². The summed E-state index contributed by atoms with van der Waals surface area (Å²) >= 11 is 0. The Kier molecular flexibility index (Phi) is 4.56. The topological polar surface area (TPSA) is 85.1 Å². The lowest BCUT2D eigenvalue weighted by Gasteiger charge is -2.08. The molecule has 5 N–H and O–H groups in total. The van der Waals surface area contributed by atoms with Gasteiger partial charge in [0.05, 0.1) is 11.5 Å². The van der Waals surface area contributed by atoms with Crippen LogP contribution in [0.25, 0.3) is 0 Å². The Balaban J connectivity index is 2.09. The summed E-state index contributed by atoms with van der Waals surface area (Å²) in [5.74, 6) is -0.190. The average Bonchev–Trinajstić information content (AvgIpc) is 2.45. The fourth-order valence-electron chi connectivity index (χ4n) is 1.79. The second kappa shape index (κ2) is 6.56. The number of benzene rings is 2. The molecule has 21 heavy (non-hydrogen) atoms. The highest BCUT2D eigenvalue weighted by molar-refractivity contribution is 6.07. The van der Waals surface area contributed by atoms with E-state index in [1.54, 1.807) is 6.07 Å². The highest BCUT2D eigenvalue weighted by Gasteiger charge is 2.08. The first kappa shape index (κ1) is 14.6. The second-order valence-electron chi connectivity index (χ2n) is 4.47. The van der Waals surface area contributed by atoms with Gasteiger partial charge in [0.1, 0.15) is 18.2 Å². The zero-order valence-corrected chi connectivity index (χ0v) is 11.3. The van der Waals surface area contributed by atoms with E-state index >= 15 is 0 Å². The zero-order valence-electron chi connectivity index (χ0n) is 11.3. The molecule has 0 bridgehead atoms. The zero-order chi connectivity index (χ0) is 15.2. The van der Waals surface area contributed by atoms with Crippen LogP contribution in [0.2, 0.25) is 0 Å². The number of hydrogen-bond acceptors (Lipinski definition) is 4. The molecule has 0 aliphatic rings. The number of hydrogen-bond donors (Lipinski definition) is 3. The number of rotatable bonds is 5. The van der Waals surface area contributed by atoms with E-state index in [4.69, 9.17) is 21.6 Å². The van der Waals surface area contributed by atoms with Gasteiger partial charge >= 0.3 is 0 Å². The monoisotopic (exact) mass is 285 g/mol. The summed E-state index contributed by atoms with van der Waals surface area (Å²) in [6.45, 7) is 0.354. The van der Waals surface area contributed by atoms with Gasteiger partial charge < -0.3 is 21.6 Å². The normalized spacial score (nSPS) is 9.95. The minimum Gasteiger partial charge on any atom is -0.489 e. The minimum absolute atomic E-state index is 0.0381. The van der Waals surface area contributed by atoms with E-state index in [0.29, 0.717) is 12.4 Å². The minimum atomic E-state index is -0.553. The predicted octanol–water partition coefficient (Wildman–Crippen LogP) is 2.53. The molecule has 4 nitrogen and oxygen atoms in total. The molecule has 0 aliphatic carbocycles. The molecule has 108 valence electrons. The van der Waals surface area contributed by atoms with Crippen molar-refractivity contribution in [1.82, 2.24) is 0 Å². The SMILES string of the molecule is N=C(C=C(N)N)c1ccc(OCc2ccccc2)cc1F. The molecule has 0 aromatic heterocycles. The number of nitrogens with two attached hydrogens (primary N) is 2. The van der Waals surface area contributed by atoms with Gasteiger partial charge in [0.15, 0.2) is 0 Å². The van der Waals surface area contributed by atoms with Crippen LogP contribution in [0.5, 0.6) is 5.75 Å². The fraction of sp³-hybridized carbons (Fsp3) is 0.0625. The Morgan fingerprint density at radius 2 is 1.86 bits per heavy atom. The third-order valence-corrected chi connectivity index (χ3v) is 2.79. The van der Waals surface area contributed by atoms with E-state index in [0.717, 1.165) is 5.56 Å². The molecular weight excluding hydrogens is 269 g/mol. The molecule has 0 amide bonds. The lowest BCUT2D eigenvalue weighted by atomic mass is 10.1. The molecule has 0 heterocycles. The first-order valence-electron chi connectivity index (χ1n) is 6.34. The van der Waals surface area contributed by atoms with Crippen LogP contribution < -0.4 is 16.2 Å². The average molecular weight is 285 g/mol. The highest BCUT2D eigenvalue weighted by Crippen LogP contribution is 2.18. The Morgan fingerprint density at radius 3 is 2.48 bits per heavy atom. The van der Waals surface area contributed by atoms with Gasteiger partial charge in [-0.2, -0.15) is 0 Å². The van der Waals surface area contributed by atoms with Crippen LogP contribution in [-0.4, -0.2) is 5.71 Å². The van der Waals surface area contributed by atoms with Crippen molar-refractivity contribution in [2.45, 2.75) is 6.61 Å². The van der Waals surface area contributed by atoms with Crippen LogP contribution in [0.1, 0.15) is 11.1 Å². The number of nitrogens with one attached hydrogen (secondary N) is 1. The maximum absolute atomic E-state index is 13.9. The number of ether oxygens (including phenoxy) is 1. The molecule has 0 fully saturated rings. The maximum Gasteiger partial charge on any atom is 0.136 e. The summed E-state index contributed by atoms with van der Waals surface area (Å²) in [6, 6.07) is 13.9. The molecule has 0 unspecified atom stereocenters. The number of allylic oxidation sites excluding steroid dienone is 1. The fourth-order valence-corrected chi connectivity index (χ4v) is 1.79. The van der Waals surface area contributed by atoms with Crippen LogP contribution in [0, 0.1) is 11.2 Å². The Labute approximate surface area is 122 Å². The summed E-state index contributed by atoms with van der Waals surface area (Å²) in [6.07, 6.45) is 1.20. The lowest BCUT2D eigenvalue weighted by Crippen LogP contribution is -2.11. The molecule has 2 aromatic rings. The van der Waals surface area contributed by atoms with Crippen molar-refractivity contribution in [3.8, 4) is 5.75 Å². The first-order valence-corrected chi connectivity index (χ1v) is 6.34. The van der Waals surface area contributed by atoms with Crippen molar-refractivity contribution in [1.29, 1.82) is 5.41 Å². The molecule has 5 heteroatoms. The Bertz CT molecular complexity index is 664. The van der Waals surface area contributed by atoms with Crippen molar-refractivity contribution in [3.05, 3.63) is 77.4 Å². The van der Waals surface area contributed by atoms with Crippen LogP contribution in [-0.2, 0) is 6.61 Å². The van der Waals surface area contributed by atoms with Gasteiger partial charge in [0, 0.05) is 17.7 Å². The molecule has 0 radical (unpaired) electrons. The van der Waals surface area contributed by atoms with Crippen molar-refractivity contribution in [2.75, 3.05) is 0 Å². The van der Waals surface area contributed by atoms with Gasteiger partial charge in [0.25, 0.3) is 0 Å². The second-order valence-corrected chi connectivity index (χ2v) is 4.47. The highest BCUT2D eigenvalue weighted by atomic mass is 19.1. The van der Waals surface area contributed by atoms with Crippen molar-refractivity contribution < 1.29 is 9.13 Å². The van der Waals surface area contributed by atoms with E-state index in [1.165, 1.54) is 18.2 Å². The third-order valence-electron chi connectivity index (χ3n) is 2.79. The Hall–Kier alpha value is -2.82. The van der Waals surface area contributed by atoms with Gasteiger partial charge in [-0.05, 0) is 17.7 Å². The van der Waals surface area contributed by atoms with Gasteiger partial charge in [-0.1, -0.05) is 30.3 Å². The van der Waals surface area contributed by atoms with E-state index in [9.17, 15) is 4.39 Å². The lowest BCUT2D eigenvalue weighted by molar-refractivity contribution is 0.304. The summed E-state index contributed by atoms with van der Waals surface area (Å²) in [7, 11) is 0. The van der Waals surface area contributed by atoms with Crippen LogP contribution in [0.4, 0.5) is 4.39 Å². The third kappa shape index (κ3) is 4.07. The van der Waals surface area contributed by atoms with E-state index in [1.807, 2.05) is 30.3 Å². The summed E-state index contributed by atoms with van der Waals surface area (Å²) in [5.41, 5.74) is 11.6. The van der Waals surface area contributed by atoms with Crippen molar-refractivity contribution in [3.63, 3.8) is 0 Å².